The minimum atomic E-state index is -0.649. The normalized spacial score (nSPS) is 14.6. The van der Waals surface area contributed by atoms with Crippen molar-refractivity contribution in [1.82, 2.24) is 0 Å². The Labute approximate surface area is 117 Å². The van der Waals surface area contributed by atoms with Crippen molar-refractivity contribution < 1.29 is 14.6 Å². The van der Waals surface area contributed by atoms with E-state index in [-0.39, 0.29) is 13.2 Å². The van der Waals surface area contributed by atoms with Gasteiger partial charge in [0.25, 0.3) is 0 Å². The second-order valence-electron chi connectivity index (χ2n) is 4.73. The molecule has 0 fully saturated rings. The number of aliphatic hydroxyl groups excluding tert-OH is 1. The number of rotatable bonds is 6. The maximum absolute atomic E-state index is 9.85. The lowest BCUT2D eigenvalue weighted by Gasteiger charge is -2.16. The fourth-order valence-corrected chi connectivity index (χ4v) is 2.04. The van der Waals surface area contributed by atoms with Gasteiger partial charge < -0.3 is 14.6 Å². The number of hydrogen-bond acceptors (Lipinski definition) is 3. The first-order valence-electron chi connectivity index (χ1n) is 6.68. The highest BCUT2D eigenvalue weighted by Crippen LogP contribution is 2.25. The third-order valence-electron chi connectivity index (χ3n) is 3.18. The molecule has 3 heteroatoms. The molecule has 2 aromatic carbocycles. The van der Waals surface area contributed by atoms with E-state index in [1.165, 1.54) is 0 Å². The highest BCUT2D eigenvalue weighted by molar-refractivity contribution is 5.88. The largest absolute Gasteiger partial charge is 0.490 e. The van der Waals surface area contributed by atoms with Gasteiger partial charge in [0.2, 0.25) is 0 Å². The van der Waals surface area contributed by atoms with Crippen molar-refractivity contribution in [2.75, 3.05) is 13.2 Å². The van der Waals surface area contributed by atoms with Crippen LogP contribution < -0.4 is 4.74 Å². The van der Waals surface area contributed by atoms with Crippen LogP contribution in [0.15, 0.2) is 60.0 Å². The van der Waals surface area contributed by atoms with Crippen LogP contribution in [-0.2, 0) is 4.74 Å². The van der Waals surface area contributed by atoms with Crippen LogP contribution in [0.2, 0.25) is 0 Å². The van der Waals surface area contributed by atoms with Gasteiger partial charge in [-0.25, -0.2) is 0 Å². The zero-order valence-corrected chi connectivity index (χ0v) is 11.1. The van der Waals surface area contributed by atoms with Crippen LogP contribution >= 0.6 is 0 Å². The van der Waals surface area contributed by atoms with Crippen LogP contribution in [0.5, 0.6) is 5.75 Å². The molecule has 0 radical (unpaired) electrons. The molecule has 3 rings (SSSR count). The number of benzene rings is 2. The lowest BCUT2D eigenvalue weighted by molar-refractivity contribution is 0.0361. The molecule has 0 heterocycles. The smallest absolute Gasteiger partial charge is 0.142 e. The molecule has 20 heavy (non-hydrogen) atoms. The van der Waals surface area contributed by atoms with Gasteiger partial charge in [-0.15, -0.1) is 0 Å². The second-order valence-corrected chi connectivity index (χ2v) is 4.73. The Kier molecular flexibility index (Phi) is 3.73. The van der Waals surface area contributed by atoms with E-state index in [4.69, 9.17) is 9.47 Å². The Morgan fingerprint density at radius 1 is 1.05 bits per heavy atom. The van der Waals surface area contributed by atoms with E-state index in [9.17, 15) is 5.11 Å². The summed E-state index contributed by atoms with van der Waals surface area (Å²) in [6, 6.07) is 13.9. The minimum absolute atomic E-state index is 0.213. The molecule has 0 saturated heterocycles. The Bertz CT molecular complexity index is 663. The number of aliphatic hydroxyl groups is 1. The third-order valence-corrected chi connectivity index (χ3v) is 3.18. The number of ether oxygens (including phenoxy) is 2. The van der Waals surface area contributed by atoms with Gasteiger partial charge in [0.1, 0.15) is 30.8 Å². The zero-order chi connectivity index (χ0) is 13.8. The Balaban J connectivity index is 1.60. The molecule has 0 aromatic heterocycles. The predicted molar refractivity (Wildman–Crippen MR) is 77.6 cm³/mol. The van der Waals surface area contributed by atoms with Crippen LogP contribution in [0.4, 0.5) is 0 Å². The van der Waals surface area contributed by atoms with Gasteiger partial charge in [-0.3, -0.25) is 0 Å². The molecular formula is C17H16O3. The van der Waals surface area contributed by atoms with Crippen molar-refractivity contribution in [2.24, 2.45) is 0 Å². The molecule has 1 aliphatic rings. The van der Waals surface area contributed by atoms with Gasteiger partial charge in [-0.05, 0) is 17.5 Å². The molecule has 0 saturated carbocycles. The summed E-state index contributed by atoms with van der Waals surface area (Å²) in [4.78, 5) is 0. The van der Waals surface area contributed by atoms with Crippen molar-refractivity contribution in [3.05, 3.63) is 60.0 Å². The van der Waals surface area contributed by atoms with Gasteiger partial charge in [0.15, 0.2) is 0 Å². The van der Waals surface area contributed by atoms with Crippen LogP contribution in [-0.4, -0.2) is 24.4 Å². The van der Waals surface area contributed by atoms with E-state index in [0.717, 1.165) is 28.7 Å². The first-order valence-corrected chi connectivity index (χ1v) is 6.68. The molecule has 0 amide bonds. The van der Waals surface area contributed by atoms with E-state index >= 15 is 0 Å². The minimum Gasteiger partial charge on any atom is -0.490 e. The van der Waals surface area contributed by atoms with Crippen molar-refractivity contribution in [3.8, 4) is 5.75 Å². The third kappa shape index (κ3) is 2.85. The van der Waals surface area contributed by atoms with E-state index < -0.39 is 6.10 Å². The highest BCUT2D eigenvalue weighted by atomic mass is 16.5. The molecular weight excluding hydrogens is 252 g/mol. The maximum Gasteiger partial charge on any atom is 0.142 e. The first-order chi connectivity index (χ1) is 9.83. The lowest BCUT2D eigenvalue weighted by atomic mass is 10.1. The Morgan fingerprint density at radius 2 is 1.80 bits per heavy atom. The van der Waals surface area contributed by atoms with Gasteiger partial charge in [0, 0.05) is 11.8 Å². The number of hydrogen-bond donors (Lipinski definition) is 1. The van der Waals surface area contributed by atoms with E-state index in [0.29, 0.717) is 0 Å². The van der Waals surface area contributed by atoms with Crippen molar-refractivity contribution in [3.63, 3.8) is 0 Å². The van der Waals surface area contributed by atoms with Crippen molar-refractivity contribution in [1.29, 1.82) is 0 Å². The van der Waals surface area contributed by atoms with Crippen molar-refractivity contribution >= 4 is 10.8 Å². The summed E-state index contributed by atoms with van der Waals surface area (Å²) in [6.07, 6.45) is 2.05. The summed E-state index contributed by atoms with van der Waals surface area (Å²) >= 11 is 0. The topological polar surface area (TPSA) is 38.7 Å². The van der Waals surface area contributed by atoms with Crippen LogP contribution in [0, 0.1) is 0 Å². The summed E-state index contributed by atoms with van der Waals surface area (Å²) in [5, 5.41) is 12.0. The molecule has 1 aliphatic carbocycles. The zero-order valence-electron chi connectivity index (χ0n) is 11.1. The molecule has 1 atom stereocenters. The molecule has 3 nitrogen and oxygen atoms in total. The summed E-state index contributed by atoms with van der Waals surface area (Å²) in [7, 11) is 0. The quantitative estimate of drug-likeness (QED) is 0.818. The number of fused-ring (bicyclic) bond motifs is 1. The Hall–Kier alpha value is -2.22. The van der Waals surface area contributed by atoms with E-state index in [1.807, 2.05) is 48.5 Å². The molecule has 0 bridgehead atoms. The summed E-state index contributed by atoms with van der Waals surface area (Å²) < 4.78 is 11.1. The van der Waals surface area contributed by atoms with Gasteiger partial charge in [-0.2, -0.15) is 0 Å². The molecule has 1 N–H and O–H groups in total. The highest BCUT2D eigenvalue weighted by Gasteiger charge is 2.10. The first kappa shape index (κ1) is 12.8. The van der Waals surface area contributed by atoms with Gasteiger partial charge >= 0.3 is 0 Å². The van der Waals surface area contributed by atoms with E-state index in [2.05, 4.69) is 5.73 Å². The molecule has 1 unspecified atom stereocenters. The van der Waals surface area contributed by atoms with Gasteiger partial charge in [0.05, 0.1) is 0 Å². The molecule has 0 spiro atoms. The molecule has 2 aromatic rings. The van der Waals surface area contributed by atoms with Crippen molar-refractivity contribution in [2.45, 2.75) is 12.5 Å². The predicted octanol–water partition coefficient (Wildman–Crippen LogP) is 3.04. The summed E-state index contributed by atoms with van der Waals surface area (Å²) in [6.45, 7) is 0.450. The van der Waals surface area contributed by atoms with Crippen LogP contribution in [0.1, 0.15) is 6.42 Å². The van der Waals surface area contributed by atoms with Gasteiger partial charge in [-0.1, -0.05) is 42.1 Å². The second kappa shape index (κ2) is 5.83. The lowest BCUT2D eigenvalue weighted by Crippen LogP contribution is -2.23. The average molecular weight is 268 g/mol. The van der Waals surface area contributed by atoms with Crippen LogP contribution in [0.3, 0.4) is 0 Å². The fourth-order valence-electron chi connectivity index (χ4n) is 2.04. The SMILES string of the molecule is OC(COC1=C=CC1)COc1cccc2ccccc12. The summed E-state index contributed by atoms with van der Waals surface area (Å²) in [5.41, 5.74) is 2.92. The standard InChI is InChI=1S/C17H16O3/c18-14(11-19-15-7-4-8-15)12-20-17-10-3-6-13-5-1-2-9-16(13)17/h1-6,9-10,14,18H,7,11-12H2. The maximum atomic E-state index is 9.85. The molecule has 102 valence electrons. The average Bonchev–Trinajstić information content (AvgIpc) is 2.43. The monoisotopic (exact) mass is 268 g/mol. The van der Waals surface area contributed by atoms with E-state index in [1.54, 1.807) is 0 Å². The summed E-state index contributed by atoms with van der Waals surface area (Å²) in [5.74, 6) is 1.58. The Morgan fingerprint density at radius 3 is 2.60 bits per heavy atom. The fraction of sp³-hybridized carbons (Fsp3) is 0.235. The molecule has 0 aliphatic heterocycles. The van der Waals surface area contributed by atoms with Crippen LogP contribution in [0.25, 0.3) is 10.8 Å².